The van der Waals surface area contributed by atoms with Crippen molar-refractivity contribution in [2.45, 2.75) is 26.2 Å². The summed E-state index contributed by atoms with van der Waals surface area (Å²) in [5.41, 5.74) is 3.34. The molecule has 2 heterocycles. The Balaban J connectivity index is 1.72. The van der Waals surface area contributed by atoms with E-state index in [0.29, 0.717) is 5.56 Å². The van der Waals surface area contributed by atoms with Crippen molar-refractivity contribution in [3.05, 3.63) is 54.2 Å². The van der Waals surface area contributed by atoms with Crippen molar-refractivity contribution in [2.24, 2.45) is 5.92 Å². The second-order valence-electron chi connectivity index (χ2n) is 7.85. The summed E-state index contributed by atoms with van der Waals surface area (Å²) in [4.78, 5) is 5.59. The van der Waals surface area contributed by atoms with E-state index < -0.39 is 0 Å². The molecule has 5 nitrogen and oxygen atoms in total. The summed E-state index contributed by atoms with van der Waals surface area (Å²) in [6.45, 7) is 4.25. The maximum atomic E-state index is 9.56. The molecule has 144 valence electrons. The lowest BCUT2D eigenvalue weighted by molar-refractivity contribution is 0.696. The van der Waals surface area contributed by atoms with Gasteiger partial charge in [0.05, 0.1) is 5.56 Å². The SMILES string of the molecule is CCCN(CC1CC1)c1nnc(-c2cccc3[nH]cc(C#N)c23)c2ccccc12. The third kappa shape index (κ3) is 3.11. The second kappa shape index (κ2) is 7.21. The van der Waals surface area contributed by atoms with Gasteiger partial charge in [0.2, 0.25) is 0 Å². The number of nitrogens with one attached hydrogen (secondary N) is 1. The highest BCUT2D eigenvalue weighted by Crippen LogP contribution is 2.37. The predicted molar refractivity (Wildman–Crippen MR) is 117 cm³/mol. The fraction of sp³-hybridized carbons (Fsp3) is 0.292. The number of aromatic nitrogens is 3. The molecule has 0 unspecified atom stereocenters. The van der Waals surface area contributed by atoms with E-state index in [9.17, 15) is 5.26 Å². The molecule has 1 fully saturated rings. The number of nitriles is 1. The lowest BCUT2D eigenvalue weighted by Crippen LogP contribution is -2.28. The van der Waals surface area contributed by atoms with Gasteiger partial charge in [-0.3, -0.25) is 0 Å². The zero-order valence-corrected chi connectivity index (χ0v) is 16.5. The molecule has 0 atom stereocenters. The Bertz CT molecular complexity index is 1230. The molecule has 1 N–H and O–H groups in total. The van der Waals surface area contributed by atoms with Gasteiger partial charge in [0, 0.05) is 46.5 Å². The van der Waals surface area contributed by atoms with E-state index in [2.05, 4.69) is 41.1 Å². The van der Waals surface area contributed by atoms with Crippen LogP contribution >= 0.6 is 0 Å². The molecule has 4 aromatic rings. The molecule has 5 heteroatoms. The number of fused-ring (bicyclic) bond motifs is 2. The number of rotatable bonds is 6. The maximum absolute atomic E-state index is 9.56. The number of H-pyrrole nitrogens is 1. The van der Waals surface area contributed by atoms with Crippen LogP contribution in [0.15, 0.2) is 48.7 Å². The van der Waals surface area contributed by atoms with Crippen molar-refractivity contribution in [1.29, 1.82) is 5.26 Å². The summed E-state index contributed by atoms with van der Waals surface area (Å²) in [6, 6.07) is 16.7. The Kier molecular flexibility index (Phi) is 4.40. The van der Waals surface area contributed by atoms with Crippen LogP contribution in [-0.4, -0.2) is 28.3 Å². The van der Waals surface area contributed by atoms with Crippen LogP contribution in [0.4, 0.5) is 5.82 Å². The van der Waals surface area contributed by atoms with E-state index in [1.54, 1.807) is 6.20 Å². The van der Waals surface area contributed by atoms with Crippen molar-refractivity contribution in [2.75, 3.05) is 18.0 Å². The molecule has 0 saturated heterocycles. The molecular weight excluding hydrogens is 358 g/mol. The van der Waals surface area contributed by atoms with E-state index in [4.69, 9.17) is 10.2 Å². The normalized spacial score (nSPS) is 13.7. The first kappa shape index (κ1) is 17.7. The number of hydrogen-bond acceptors (Lipinski definition) is 4. The highest BCUT2D eigenvalue weighted by atomic mass is 15.3. The van der Waals surface area contributed by atoms with Gasteiger partial charge in [0.25, 0.3) is 0 Å². The van der Waals surface area contributed by atoms with Gasteiger partial charge >= 0.3 is 0 Å². The number of benzene rings is 2. The number of aromatic amines is 1. The van der Waals surface area contributed by atoms with Crippen LogP contribution < -0.4 is 4.90 Å². The van der Waals surface area contributed by atoms with Gasteiger partial charge in [-0.1, -0.05) is 43.3 Å². The lowest BCUT2D eigenvalue weighted by Gasteiger charge is -2.24. The predicted octanol–water partition coefficient (Wildman–Crippen LogP) is 5.28. The van der Waals surface area contributed by atoms with Gasteiger partial charge in [-0.2, -0.15) is 5.26 Å². The van der Waals surface area contributed by atoms with E-state index >= 15 is 0 Å². The molecule has 0 aliphatic heterocycles. The summed E-state index contributed by atoms with van der Waals surface area (Å²) in [7, 11) is 0. The molecular formula is C24H23N5. The first-order valence-electron chi connectivity index (χ1n) is 10.3. The Morgan fingerprint density at radius 1 is 1.10 bits per heavy atom. The average molecular weight is 381 g/mol. The lowest BCUT2D eigenvalue weighted by atomic mass is 9.99. The first-order chi connectivity index (χ1) is 14.3. The minimum Gasteiger partial charge on any atom is -0.360 e. The highest BCUT2D eigenvalue weighted by molar-refractivity contribution is 6.07. The Labute approximate surface area is 170 Å². The molecule has 2 aromatic carbocycles. The fourth-order valence-electron chi connectivity index (χ4n) is 4.16. The maximum Gasteiger partial charge on any atom is 0.159 e. The van der Waals surface area contributed by atoms with Crippen LogP contribution in [0, 0.1) is 17.2 Å². The third-order valence-electron chi connectivity index (χ3n) is 5.72. The van der Waals surface area contributed by atoms with Gasteiger partial charge in [0.15, 0.2) is 5.82 Å². The smallest absolute Gasteiger partial charge is 0.159 e. The fourth-order valence-corrected chi connectivity index (χ4v) is 4.16. The quantitative estimate of drug-likeness (QED) is 0.493. The van der Waals surface area contributed by atoms with Crippen molar-refractivity contribution in [3.63, 3.8) is 0 Å². The monoisotopic (exact) mass is 381 g/mol. The molecule has 2 aromatic heterocycles. The summed E-state index contributed by atoms with van der Waals surface area (Å²) in [5, 5.41) is 22.1. The van der Waals surface area contributed by atoms with E-state index in [-0.39, 0.29) is 0 Å². The Morgan fingerprint density at radius 3 is 2.69 bits per heavy atom. The number of nitrogens with zero attached hydrogens (tertiary/aromatic N) is 4. The highest BCUT2D eigenvalue weighted by Gasteiger charge is 2.26. The average Bonchev–Trinajstić information content (AvgIpc) is 3.48. The van der Waals surface area contributed by atoms with E-state index in [1.165, 1.54) is 12.8 Å². The van der Waals surface area contributed by atoms with Gasteiger partial charge in [-0.15, -0.1) is 10.2 Å². The molecule has 1 aliphatic rings. The summed E-state index contributed by atoms with van der Waals surface area (Å²) >= 11 is 0. The Hall–Kier alpha value is -3.39. The van der Waals surface area contributed by atoms with Crippen LogP contribution in [0.5, 0.6) is 0 Å². The van der Waals surface area contributed by atoms with Crippen LogP contribution in [0.25, 0.3) is 32.9 Å². The molecule has 0 spiro atoms. The molecule has 0 radical (unpaired) electrons. The van der Waals surface area contributed by atoms with Crippen LogP contribution in [-0.2, 0) is 0 Å². The zero-order chi connectivity index (χ0) is 19.8. The summed E-state index contributed by atoms with van der Waals surface area (Å²) < 4.78 is 0. The summed E-state index contributed by atoms with van der Waals surface area (Å²) in [5.74, 6) is 1.76. The minimum atomic E-state index is 0.631. The van der Waals surface area contributed by atoms with Crippen molar-refractivity contribution in [3.8, 4) is 17.3 Å². The molecule has 1 aliphatic carbocycles. The third-order valence-corrected chi connectivity index (χ3v) is 5.72. The van der Waals surface area contributed by atoms with E-state index in [1.807, 2.05) is 24.3 Å². The van der Waals surface area contributed by atoms with Gasteiger partial charge in [0.1, 0.15) is 11.8 Å². The Morgan fingerprint density at radius 2 is 1.93 bits per heavy atom. The van der Waals surface area contributed by atoms with Gasteiger partial charge in [-0.25, -0.2) is 0 Å². The van der Waals surface area contributed by atoms with Crippen LogP contribution in [0.3, 0.4) is 0 Å². The molecule has 0 amide bonds. The van der Waals surface area contributed by atoms with Crippen molar-refractivity contribution < 1.29 is 0 Å². The molecule has 1 saturated carbocycles. The molecule has 29 heavy (non-hydrogen) atoms. The topological polar surface area (TPSA) is 68.6 Å². The minimum absolute atomic E-state index is 0.631. The molecule has 0 bridgehead atoms. The summed E-state index contributed by atoms with van der Waals surface area (Å²) in [6.07, 6.45) is 5.47. The second-order valence-corrected chi connectivity index (χ2v) is 7.85. The molecule has 5 rings (SSSR count). The first-order valence-corrected chi connectivity index (χ1v) is 10.3. The standard InChI is InChI=1S/C24H23N5/c1-2-12-29(15-16-10-11-16)24-19-7-4-3-6-18(19)23(27-28-24)20-8-5-9-21-22(20)17(13-25)14-26-21/h3-9,14,16,26H,2,10-12,15H2,1H3. The van der Waals surface area contributed by atoms with Crippen molar-refractivity contribution >= 4 is 27.5 Å². The van der Waals surface area contributed by atoms with Crippen LogP contribution in [0.2, 0.25) is 0 Å². The van der Waals surface area contributed by atoms with Gasteiger partial charge in [-0.05, 0) is 31.2 Å². The largest absolute Gasteiger partial charge is 0.360 e. The number of hydrogen-bond donors (Lipinski definition) is 1. The van der Waals surface area contributed by atoms with Gasteiger partial charge < -0.3 is 9.88 Å². The zero-order valence-electron chi connectivity index (χ0n) is 16.5. The van der Waals surface area contributed by atoms with E-state index in [0.717, 1.165) is 64.2 Å². The van der Waals surface area contributed by atoms with Crippen LogP contribution in [0.1, 0.15) is 31.7 Å². The number of anilines is 1. The van der Waals surface area contributed by atoms with Crippen molar-refractivity contribution in [1.82, 2.24) is 15.2 Å².